The van der Waals surface area contributed by atoms with Crippen LogP contribution in [-0.4, -0.2) is 52.6 Å². The fourth-order valence-corrected chi connectivity index (χ4v) is 3.46. The lowest BCUT2D eigenvalue weighted by Gasteiger charge is -2.33. The van der Waals surface area contributed by atoms with Crippen molar-refractivity contribution in [3.63, 3.8) is 0 Å². The molecule has 2 amide bonds. The largest absolute Gasteiger partial charge is 0.481 e. The highest BCUT2D eigenvalue weighted by molar-refractivity contribution is 5.75. The van der Waals surface area contributed by atoms with Crippen molar-refractivity contribution in [2.75, 3.05) is 19.6 Å². The van der Waals surface area contributed by atoms with E-state index >= 15 is 0 Å². The van der Waals surface area contributed by atoms with E-state index in [-0.39, 0.29) is 18.4 Å². The summed E-state index contributed by atoms with van der Waals surface area (Å²) < 4.78 is 0. The smallest absolute Gasteiger partial charge is 0.320 e. The normalized spacial score (nSPS) is 27.4. The van der Waals surface area contributed by atoms with E-state index in [0.717, 1.165) is 32.2 Å². The van der Waals surface area contributed by atoms with Gasteiger partial charge in [0.05, 0.1) is 0 Å². The average molecular weight is 282 g/mol. The summed E-state index contributed by atoms with van der Waals surface area (Å²) >= 11 is 0. The molecule has 0 aromatic heterocycles. The molecule has 2 heterocycles. The molecule has 0 spiro atoms. The first-order valence-corrected chi connectivity index (χ1v) is 7.89. The van der Waals surface area contributed by atoms with Crippen LogP contribution < -0.4 is 0 Å². The predicted octanol–water partition coefficient (Wildman–Crippen LogP) is 2.56. The molecule has 0 aromatic carbocycles. The van der Waals surface area contributed by atoms with Gasteiger partial charge in [0.1, 0.15) is 0 Å². The molecule has 0 aliphatic carbocycles. The second kappa shape index (κ2) is 6.95. The van der Waals surface area contributed by atoms with Gasteiger partial charge in [-0.3, -0.25) is 4.79 Å². The van der Waals surface area contributed by atoms with Crippen LogP contribution in [0.15, 0.2) is 0 Å². The van der Waals surface area contributed by atoms with Gasteiger partial charge in [-0.25, -0.2) is 4.79 Å². The minimum absolute atomic E-state index is 0.128. The fourth-order valence-electron chi connectivity index (χ4n) is 3.46. The number of hydrogen-bond acceptors (Lipinski definition) is 2. The summed E-state index contributed by atoms with van der Waals surface area (Å²) in [6.45, 7) is 4.33. The standard InChI is InChI=1S/C15H26N2O3/c1-2-13-6-4-3-5-8-17(13)15(20)16-9-7-12(11-16)10-14(18)19/h12-13H,2-11H2,1H3,(H,18,19). The van der Waals surface area contributed by atoms with Crippen molar-refractivity contribution in [2.45, 2.75) is 57.9 Å². The number of carbonyl (C=O) groups is 2. The molecule has 1 N–H and O–H groups in total. The zero-order chi connectivity index (χ0) is 14.5. The fraction of sp³-hybridized carbons (Fsp3) is 0.867. The summed E-state index contributed by atoms with van der Waals surface area (Å²) in [6, 6.07) is 0.496. The molecule has 2 fully saturated rings. The Labute approximate surface area is 120 Å². The Morgan fingerprint density at radius 1 is 1.15 bits per heavy atom. The van der Waals surface area contributed by atoms with Crippen LogP contribution in [0.25, 0.3) is 0 Å². The van der Waals surface area contributed by atoms with Crippen molar-refractivity contribution in [3.8, 4) is 0 Å². The van der Waals surface area contributed by atoms with Crippen LogP contribution in [-0.2, 0) is 4.79 Å². The molecule has 2 saturated heterocycles. The van der Waals surface area contributed by atoms with E-state index in [1.807, 2.05) is 9.80 Å². The van der Waals surface area contributed by atoms with E-state index in [1.54, 1.807) is 0 Å². The minimum atomic E-state index is -0.759. The number of carboxylic acid groups (broad SMARTS) is 1. The van der Waals surface area contributed by atoms with Gasteiger partial charge in [-0.15, -0.1) is 0 Å². The number of hydrogen-bond donors (Lipinski definition) is 1. The van der Waals surface area contributed by atoms with E-state index in [0.29, 0.717) is 19.1 Å². The third-order valence-corrected chi connectivity index (χ3v) is 4.61. The van der Waals surface area contributed by atoms with E-state index in [4.69, 9.17) is 5.11 Å². The maximum Gasteiger partial charge on any atom is 0.320 e. The van der Waals surface area contributed by atoms with Gasteiger partial charge in [0.2, 0.25) is 0 Å². The molecule has 2 atom stereocenters. The number of carboxylic acids is 1. The summed E-state index contributed by atoms with van der Waals surface area (Å²) in [4.78, 5) is 27.3. The molecule has 0 radical (unpaired) electrons. The van der Waals surface area contributed by atoms with Gasteiger partial charge >= 0.3 is 12.0 Å². The lowest BCUT2D eigenvalue weighted by atomic mass is 10.1. The Balaban J connectivity index is 1.94. The first kappa shape index (κ1) is 15.1. The van der Waals surface area contributed by atoms with Gasteiger partial charge in [0.15, 0.2) is 0 Å². The van der Waals surface area contributed by atoms with Gasteiger partial charge < -0.3 is 14.9 Å². The number of carbonyl (C=O) groups excluding carboxylic acids is 1. The monoisotopic (exact) mass is 282 g/mol. The maximum absolute atomic E-state index is 12.7. The second-order valence-corrected chi connectivity index (χ2v) is 6.09. The zero-order valence-corrected chi connectivity index (χ0v) is 12.4. The summed E-state index contributed by atoms with van der Waals surface area (Å²) in [5, 5.41) is 8.85. The summed E-state index contributed by atoms with van der Waals surface area (Å²) in [6.07, 6.45) is 6.64. The summed E-state index contributed by atoms with van der Waals surface area (Å²) in [5.74, 6) is -0.631. The number of likely N-dealkylation sites (tertiary alicyclic amines) is 2. The molecule has 5 heteroatoms. The van der Waals surface area contributed by atoms with E-state index in [9.17, 15) is 9.59 Å². The highest BCUT2D eigenvalue weighted by Gasteiger charge is 2.33. The Hall–Kier alpha value is -1.26. The molecule has 2 rings (SSSR count). The Bertz CT molecular complexity index is 359. The topological polar surface area (TPSA) is 60.9 Å². The van der Waals surface area contributed by atoms with Crippen LogP contribution in [0.4, 0.5) is 4.79 Å². The Morgan fingerprint density at radius 2 is 1.95 bits per heavy atom. The number of rotatable bonds is 3. The first-order chi connectivity index (χ1) is 9.61. The molecule has 0 bridgehead atoms. The summed E-state index contributed by atoms with van der Waals surface area (Å²) in [7, 11) is 0. The minimum Gasteiger partial charge on any atom is -0.481 e. The molecular weight excluding hydrogens is 256 g/mol. The van der Waals surface area contributed by atoms with Crippen LogP contribution >= 0.6 is 0 Å². The van der Waals surface area contributed by atoms with Crippen molar-refractivity contribution in [2.24, 2.45) is 5.92 Å². The highest BCUT2D eigenvalue weighted by atomic mass is 16.4. The number of aliphatic carboxylic acids is 1. The second-order valence-electron chi connectivity index (χ2n) is 6.09. The number of urea groups is 1. The van der Waals surface area contributed by atoms with E-state index in [1.165, 1.54) is 12.8 Å². The van der Waals surface area contributed by atoms with Crippen molar-refractivity contribution in [1.29, 1.82) is 0 Å². The van der Waals surface area contributed by atoms with Gasteiger partial charge in [0, 0.05) is 32.1 Å². The van der Waals surface area contributed by atoms with Gasteiger partial charge in [-0.2, -0.15) is 0 Å². The molecule has 2 unspecified atom stereocenters. The molecule has 20 heavy (non-hydrogen) atoms. The van der Waals surface area contributed by atoms with Crippen molar-refractivity contribution >= 4 is 12.0 Å². The predicted molar refractivity (Wildman–Crippen MR) is 76.6 cm³/mol. The quantitative estimate of drug-likeness (QED) is 0.865. The van der Waals surface area contributed by atoms with Crippen molar-refractivity contribution in [1.82, 2.24) is 9.80 Å². The molecule has 114 valence electrons. The van der Waals surface area contributed by atoms with Crippen molar-refractivity contribution in [3.05, 3.63) is 0 Å². The average Bonchev–Trinajstić information content (AvgIpc) is 2.74. The molecule has 2 aliphatic heterocycles. The molecule has 2 aliphatic rings. The SMILES string of the molecule is CCC1CCCCCN1C(=O)N1CCC(CC(=O)O)C1. The maximum atomic E-state index is 12.7. The van der Waals surface area contributed by atoms with Crippen LogP contribution in [0.5, 0.6) is 0 Å². The molecular formula is C15H26N2O3. The van der Waals surface area contributed by atoms with E-state index < -0.39 is 5.97 Å². The van der Waals surface area contributed by atoms with Crippen LogP contribution in [0.1, 0.15) is 51.9 Å². The van der Waals surface area contributed by atoms with Crippen molar-refractivity contribution < 1.29 is 14.7 Å². The zero-order valence-electron chi connectivity index (χ0n) is 12.4. The van der Waals surface area contributed by atoms with Crippen LogP contribution in [0.3, 0.4) is 0 Å². The first-order valence-electron chi connectivity index (χ1n) is 7.89. The lowest BCUT2D eigenvalue weighted by molar-refractivity contribution is -0.138. The number of nitrogens with zero attached hydrogens (tertiary/aromatic N) is 2. The van der Waals surface area contributed by atoms with Crippen LogP contribution in [0.2, 0.25) is 0 Å². The summed E-state index contributed by atoms with van der Waals surface area (Å²) in [5.41, 5.74) is 0. The molecule has 0 aromatic rings. The third kappa shape index (κ3) is 3.64. The van der Waals surface area contributed by atoms with Crippen LogP contribution in [0, 0.1) is 5.92 Å². The molecule has 0 saturated carbocycles. The van der Waals surface area contributed by atoms with Gasteiger partial charge in [0.25, 0.3) is 0 Å². The van der Waals surface area contributed by atoms with Gasteiger partial charge in [-0.1, -0.05) is 19.8 Å². The van der Waals surface area contributed by atoms with E-state index in [2.05, 4.69) is 6.92 Å². The Kier molecular flexibility index (Phi) is 5.26. The Morgan fingerprint density at radius 3 is 2.65 bits per heavy atom. The number of amides is 2. The lowest BCUT2D eigenvalue weighted by Crippen LogP contribution is -2.47. The molecule has 5 nitrogen and oxygen atoms in total. The van der Waals surface area contributed by atoms with Gasteiger partial charge in [-0.05, 0) is 31.6 Å². The highest BCUT2D eigenvalue weighted by Crippen LogP contribution is 2.25. The third-order valence-electron chi connectivity index (χ3n) is 4.61.